The third kappa shape index (κ3) is 5.01. The van der Waals surface area contributed by atoms with Crippen molar-refractivity contribution in [3.63, 3.8) is 0 Å². The Morgan fingerprint density at radius 2 is 1.73 bits per heavy atom. The van der Waals surface area contributed by atoms with Crippen LogP contribution >= 0.6 is 23.2 Å². The van der Waals surface area contributed by atoms with Crippen LogP contribution in [0.3, 0.4) is 0 Å². The summed E-state index contributed by atoms with van der Waals surface area (Å²) in [5.41, 5.74) is -7.66. The fourth-order valence-corrected chi connectivity index (χ4v) is 3.79. The molecule has 1 unspecified atom stereocenters. The minimum absolute atomic E-state index is 0.0640. The van der Waals surface area contributed by atoms with E-state index in [9.17, 15) is 35.8 Å². The van der Waals surface area contributed by atoms with Crippen molar-refractivity contribution in [3.8, 4) is 11.8 Å². The molecule has 0 bridgehead atoms. The van der Waals surface area contributed by atoms with Crippen LogP contribution in [-0.4, -0.2) is 26.0 Å². The first-order valence-corrected chi connectivity index (χ1v) is 9.91. The lowest BCUT2D eigenvalue weighted by molar-refractivity contribution is -0.137. The summed E-state index contributed by atoms with van der Waals surface area (Å²) in [5.74, 6) is -0.621. The standard InChI is InChI=1S/C16H12Cl2F6N4OS/c1-7(2)6-26-14-13(30(29)16(22,23)24)11(5-25)27-28(14)12-9(17)3-8(4-10(12)18)15(19,20)21/h3-4,7,26H,6H2,1-2H3. The van der Waals surface area contributed by atoms with Crippen LogP contribution in [0.4, 0.5) is 32.2 Å². The number of rotatable bonds is 5. The molecule has 1 heterocycles. The molecule has 5 nitrogen and oxygen atoms in total. The van der Waals surface area contributed by atoms with Gasteiger partial charge >= 0.3 is 11.7 Å². The van der Waals surface area contributed by atoms with Crippen molar-refractivity contribution < 1.29 is 30.6 Å². The minimum Gasteiger partial charge on any atom is -0.369 e. The molecule has 0 aliphatic carbocycles. The first kappa shape index (κ1) is 24.3. The maximum absolute atomic E-state index is 13.1. The molecule has 0 amide bonds. The molecule has 0 aliphatic rings. The average molecular weight is 493 g/mol. The van der Waals surface area contributed by atoms with Gasteiger partial charge in [0.1, 0.15) is 22.5 Å². The van der Waals surface area contributed by atoms with E-state index >= 15 is 0 Å². The Morgan fingerprint density at radius 3 is 2.13 bits per heavy atom. The molecule has 0 fully saturated rings. The van der Waals surface area contributed by atoms with Crippen molar-refractivity contribution in [3.05, 3.63) is 33.4 Å². The number of alkyl halides is 6. The maximum atomic E-state index is 13.1. The minimum atomic E-state index is -5.22. The molecule has 1 N–H and O–H groups in total. The van der Waals surface area contributed by atoms with E-state index < -0.39 is 60.2 Å². The van der Waals surface area contributed by atoms with Gasteiger partial charge < -0.3 is 5.32 Å². The maximum Gasteiger partial charge on any atom is 0.476 e. The highest BCUT2D eigenvalue weighted by molar-refractivity contribution is 7.86. The number of hydrogen-bond acceptors (Lipinski definition) is 4. The molecule has 164 valence electrons. The van der Waals surface area contributed by atoms with Gasteiger partial charge in [0.05, 0.1) is 15.6 Å². The van der Waals surface area contributed by atoms with E-state index in [1.807, 2.05) is 0 Å². The molecule has 0 saturated heterocycles. The zero-order valence-electron chi connectivity index (χ0n) is 15.1. The summed E-state index contributed by atoms with van der Waals surface area (Å²) in [7, 11) is -3.66. The first-order chi connectivity index (χ1) is 13.7. The Balaban J connectivity index is 2.82. The van der Waals surface area contributed by atoms with E-state index in [2.05, 4.69) is 10.4 Å². The van der Waals surface area contributed by atoms with Crippen LogP contribution < -0.4 is 5.32 Å². The van der Waals surface area contributed by atoms with E-state index in [1.54, 1.807) is 13.8 Å². The van der Waals surface area contributed by atoms with E-state index in [4.69, 9.17) is 23.2 Å². The Bertz CT molecular complexity index is 1000. The van der Waals surface area contributed by atoms with Gasteiger partial charge in [0.2, 0.25) is 0 Å². The summed E-state index contributed by atoms with van der Waals surface area (Å²) in [6.45, 7) is 3.50. The van der Waals surface area contributed by atoms with Gasteiger partial charge in [-0.05, 0) is 18.1 Å². The summed E-state index contributed by atoms with van der Waals surface area (Å²) < 4.78 is 91.0. The average Bonchev–Trinajstić information content (AvgIpc) is 2.95. The lowest BCUT2D eigenvalue weighted by Crippen LogP contribution is -2.20. The summed E-state index contributed by atoms with van der Waals surface area (Å²) >= 11 is 11.9. The van der Waals surface area contributed by atoms with Crippen LogP contribution in [0, 0.1) is 17.2 Å². The molecule has 2 aromatic rings. The number of hydrogen-bond donors (Lipinski definition) is 1. The monoisotopic (exact) mass is 492 g/mol. The van der Waals surface area contributed by atoms with Crippen molar-refractivity contribution in [1.82, 2.24) is 9.78 Å². The molecule has 1 aromatic heterocycles. The molecule has 1 aromatic carbocycles. The number of benzene rings is 1. The lowest BCUT2D eigenvalue weighted by atomic mass is 10.2. The molecule has 1 atom stereocenters. The summed E-state index contributed by atoms with van der Waals surface area (Å²) in [5, 5.41) is 14.3. The van der Waals surface area contributed by atoms with Gasteiger partial charge in [0.25, 0.3) is 0 Å². The predicted molar refractivity (Wildman–Crippen MR) is 99.1 cm³/mol. The molecule has 2 rings (SSSR count). The number of nitrogens with zero attached hydrogens (tertiary/aromatic N) is 3. The molecular formula is C16H12Cl2F6N4OS. The number of nitrogens with one attached hydrogen (secondary N) is 1. The normalized spacial score (nSPS) is 13.4. The van der Waals surface area contributed by atoms with Crippen LogP contribution in [-0.2, 0) is 17.0 Å². The molecule has 14 heteroatoms. The molecule has 0 radical (unpaired) electrons. The third-order valence-corrected chi connectivity index (χ3v) is 5.33. The molecule has 30 heavy (non-hydrogen) atoms. The van der Waals surface area contributed by atoms with Crippen LogP contribution in [0.2, 0.25) is 10.0 Å². The quantitative estimate of drug-likeness (QED) is 0.538. The number of anilines is 1. The van der Waals surface area contributed by atoms with Gasteiger partial charge in [-0.25, -0.2) is 8.89 Å². The highest BCUT2D eigenvalue weighted by Crippen LogP contribution is 2.41. The molecule has 0 aliphatic heterocycles. The first-order valence-electron chi connectivity index (χ1n) is 8.00. The fourth-order valence-electron chi connectivity index (χ4n) is 2.32. The number of aromatic nitrogens is 2. The zero-order chi connectivity index (χ0) is 23.0. The molecular weight excluding hydrogens is 481 g/mol. The fraction of sp³-hybridized carbons (Fsp3) is 0.375. The lowest BCUT2D eigenvalue weighted by Gasteiger charge is -2.17. The second-order valence-electron chi connectivity index (χ2n) is 6.33. The van der Waals surface area contributed by atoms with Crippen molar-refractivity contribution in [2.75, 3.05) is 11.9 Å². The van der Waals surface area contributed by atoms with Crippen LogP contribution in [0.5, 0.6) is 0 Å². The van der Waals surface area contributed by atoms with E-state index in [1.165, 1.54) is 6.07 Å². The molecule has 0 spiro atoms. The van der Waals surface area contributed by atoms with Crippen LogP contribution in [0.1, 0.15) is 25.1 Å². The topological polar surface area (TPSA) is 70.7 Å². The van der Waals surface area contributed by atoms with Crippen molar-refractivity contribution in [1.29, 1.82) is 5.26 Å². The van der Waals surface area contributed by atoms with Crippen molar-refractivity contribution in [2.24, 2.45) is 5.92 Å². The van der Waals surface area contributed by atoms with Crippen LogP contribution in [0.25, 0.3) is 5.69 Å². The Kier molecular flexibility index (Phi) is 7.00. The summed E-state index contributed by atoms with van der Waals surface area (Å²) in [6, 6.07) is 2.44. The van der Waals surface area contributed by atoms with E-state index in [-0.39, 0.29) is 12.5 Å². The van der Waals surface area contributed by atoms with Gasteiger partial charge in [-0.2, -0.15) is 36.7 Å². The highest BCUT2D eigenvalue weighted by Gasteiger charge is 2.43. The summed E-state index contributed by atoms with van der Waals surface area (Å²) in [4.78, 5) is -0.974. The van der Waals surface area contributed by atoms with Gasteiger partial charge in [-0.3, -0.25) is 0 Å². The van der Waals surface area contributed by atoms with Crippen molar-refractivity contribution >= 4 is 39.8 Å². The van der Waals surface area contributed by atoms with E-state index in [0.29, 0.717) is 16.8 Å². The van der Waals surface area contributed by atoms with Gasteiger partial charge in [-0.1, -0.05) is 37.0 Å². The Labute approximate surface area is 179 Å². The van der Waals surface area contributed by atoms with Gasteiger partial charge in [0, 0.05) is 6.54 Å². The van der Waals surface area contributed by atoms with Crippen molar-refractivity contribution in [2.45, 2.75) is 30.4 Å². The SMILES string of the molecule is CC(C)CNc1c(S(=O)C(F)(F)F)c(C#N)nn1-c1c(Cl)cc(C(F)(F)F)cc1Cl. The predicted octanol–water partition coefficient (Wildman–Crippen LogP) is 5.76. The van der Waals surface area contributed by atoms with E-state index in [0.717, 1.165) is 0 Å². The third-order valence-electron chi connectivity index (χ3n) is 3.58. The van der Waals surface area contributed by atoms with Gasteiger partial charge in [-0.15, -0.1) is 0 Å². The highest BCUT2D eigenvalue weighted by atomic mass is 35.5. The number of nitriles is 1. The zero-order valence-corrected chi connectivity index (χ0v) is 17.4. The second-order valence-corrected chi connectivity index (χ2v) is 8.55. The Hall–Kier alpha value is -1.97. The largest absolute Gasteiger partial charge is 0.476 e. The smallest absolute Gasteiger partial charge is 0.369 e. The molecule has 0 saturated carbocycles. The van der Waals surface area contributed by atoms with Crippen LogP contribution in [0.15, 0.2) is 17.0 Å². The number of halogens is 8. The second kappa shape index (κ2) is 8.64. The summed E-state index contributed by atoms with van der Waals surface area (Å²) in [6.07, 6.45) is -4.78. The van der Waals surface area contributed by atoms with Gasteiger partial charge in [0.15, 0.2) is 16.5 Å². The Morgan fingerprint density at radius 1 is 1.20 bits per heavy atom.